The van der Waals surface area contributed by atoms with Gasteiger partial charge >= 0.3 is 0 Å². The predicted octanol–water partition coefficient (Wildman–Crippen LogP) is 2.80. The fourth-order valence-corrected chi connectivity index (χ4v) is 1.76. The minimum atomic E-state index is -0.740. The van der Waals surface area contributed by atoms with E-state index < -0.39 is 11.6 Å². The lowest BCUT2D eigenvalue weighted by molar-refractivity contribution is 0.416. The molecule has 0 saturated carbocycles. The molecule has 0 unspecified atom stereocenters. The average molecular weight is 250 g/mol. The number of anilines is 2. The van der Waals surface area contributed by atoms with Gasteiger partial charge in [0.05, 0.1) is 12.7 Å². The summed E-state index contributed by atoms with van der Waals surface area (Å²) in [7, 11) is 1.41. The molecule has 0 spiro atoms. The van der Waals surface area contributed by atoms with Gasteiger partial charge in [-0.15, -0.1) is 0 Å². The minimum absolute atomic E-state index is 0.0307. The first-order valence-electron chi connectivity index (χ1n) is 5.21. The molecule has 0 heterocycles. The van der Waals surface area contributed by atoms with Gasteiger partial charge in [-0.2, -0.15) is 0 Å². The Labute approximate surface area is 103 Å². The largest absolute Gasteiger partial charge is 0.496 e. The Morgan fingerprint density at radius 2 is 1.56 bits per heavy atom. The van der Waals surface area contributed by atoms with E-state index >= 15 is 0 Å². The smallest absolute Gasteiger partial charge is 0.136 e. The van der Waals surface area contributed by atoms with E-state index in [1.165, 1.54) is 19.2 Å². The number of hydrogen-bond donors (Lipinski definition) is 2. The highest BCUT2D eigenvalue weighted by atomic mass is 19.1. The third-order valence-corrected chi connectivity index (χ3v) is 2.56. The maximum absolute atomic E-state index is 13.8. The summed E-state index contributed by atoms with van der Waals surface area (Å²) in [4.78, 5) is 0. The number of halogens is 2. The summed E-state index contributed by atoms with van der Waals surface area (Å²) in [5.41, 5.74) is 11.6. The van der Waals surface area contributed by atoms with Crippen LogP contribution in [0.5, 0.6) is 5.75 Å². The van der Waals surface area contributed by atoms with E-state index in [2.05, 4.69) is 0 Å². The monoisotopic (exact) mass is 250 g/mol. The summed E-state index contributed by atoms with van der Waals surface area (Å²) in [5, 5.41) is 0. The van der Waals surface area contributed by atoms with E-state index in [0.29, 0.717) is 17.0 Å². The highest BCUT2D eigenvalue weighted by Gasteiger charge is 2.16. The van der Waals surface area contributed by atoms with E-state index in [9.17, 15) is 8.78 Å². The van der Waals surface area contributed by atoms with Gasteiger partial charge in [0.15, 0.2) is 0 Å². The molecule has 0 saturated heterocycles. The summed E-state index contributed by atoms with van der Waals surface area (Å²) in [6.07, 6.45) is 0. The van der Waals surface area contributed by atoms with Gasteiger partial charge in [0.2, 0.25) is 0 Å². The number of benzene rings is 2. The number of rotatable bonds is 2. The Morgan fingerprint density at radius 3 is 2.11 bits per heavy atom. The zero-order valence-corrected chi connectivity index (χ0v) is 9.71. The zero-order chi connectivity index (χ0) is 13.3. The van der Waals surface area contributed by atoms with E-state index in [1.807, 2.05) is 0 Å². The van der Waals surface area contributed by atoms with Gasteiger partial charge in [-0.25, -0.2) is 8.78 Å². The van der Waals surface area contributed by atoms with Crippen LogP contribution in [0.3, 0.4) is 0 Å². The molecule has 0 atom stereocenters. The van der Waals surface area contributed by atoms with Gasteiger partial charge in [0.25, 0.3) is 0 Å². The van der Waals surface area contributed by atoms with Crippen LogP contribution in [0, 0.1) is 11.6 Å². The Balaban J connectivity index is 2.69. The Bertz CT molecular complexity index is 577. The molecule has 2 aromatic carbocycles. The minimum Gasteiger partial charge on any atom is -0.496 e. The molecule has 0 aromatic heterocycles. The molecule has 0 fully saturated rings. The van der Waals surface area contributed by atoms with E-state index in [4.69, 9.17) is 16.2 Å². The SMILES string of the molecule is COc1cc(N)ccc1-c1c(F)cc(N)cc1F. The maximum atomic E-state index is 13.8. The Hall–Kier alpha value is -2.30. The molecule has 0 aliphatic carbocycles. The molecule has 5 heteroatoms. The second-order valence-corrected chi connectivity index (χ2v) is 3.82. The van der Waals surface area contributed by atoms with Crippen molar-refractivity contribution in [1.82, 2.24) is 0 Å². The molecule has 94 valence electrons. The fraction of sp³-hybridized carbons (Fsp3) is 0.0769. The van der Waals surface area contributed by atoms with Crippen molar-refractivity contribution in [2.45, 2.75) is 0 Å². The van der Waals surface area contributed by atoms with E-state index in [1.54, 1.807) is 6.07 Å². The van der Waals surface area contributed by atoms with E-state index in [-0.39, 0.29) is 11.3 Å². The van der Waals surface area contributed by atoms with Crippen LogP contribution in [-0.4, -0.2) is 7.11 Å². The number of ether oxygens (including phenoxy) is 1. The lowest BCUT2D eigenvalue weighted by Gasteiger charge is -2.11. The third-order valence-electron chi connectivity index (χ3n) is 2.56. The lowest BCUT2D eigenvalue weighted by atomic mass is 10.0. The number of hydrogen-bond acceptors (Lipinski definition) is 3. The first-order chi connectivity index (χ1) is 8.52. The van der Waals surface area contributed by atoms with Crippen molar-refractivity contribution in [2.75, 3.05) is 18.6 Å². The van der Waals surface area contributed by atoms with Crippen LogP contribution >= 0.6 is 0 Å². The van der Waals surface area contributed by atoms with Crippen LogP contribution in [0.4, 0.5) is 20.2 Å². The average Bonchev–Trinajstić information content (AvgIpc) is 2.29. The van der Waals surface area contributed by atoms with Crippen molar-refractivity contribution < 1.29 is 13.5 Å². The first kappa shape index (κ1) is 12.2. The van der Waals surface area contributed by atoms with Crippen LogP contribution in [0.2, 0.25) is 0 Å². The number of methoxy groups -OCH3 is 1. The maximum Gasteiger partial charge on any atom is 0.136 e. The summed E-state index contributed by atoms with van der Waals surface area (Å²) in [6.45, 7) is 0. The molecule has 0 amide bonds. The predicted molar refractivity (Wildman–Crippen MR) is 67.2 cm³/mol. The normalized spacial score (nSPS) is 10.4. The van der Waals surface area contributed by atoms with Gasteiger partial charge in [-0.05, 0) is 24.3 Å². The number of nitrogen functional groups attached to an aromatic ring is 2. The highest BCUT2D eigenvalue weighted by molar-refractivity contribution is 5.75. The second-order valence-electron chi connectivity index (χ2n) is 3.82. The van der Waals surface area contributed by atoms with Gasteiger partial charge < -0.3 is 16.2 Å². The molecule has 2 aromatic rings. The topological polar surface area (TPSA) is 61.3 Å². The van der Waals surface area contributed by atoms with Crippen molar-refractivity contribution >= 4 is 11.4 Å². The highest BCUT2D eigenvalue weighted by Crippen LogP contribution is 2.35. The molecule has 0 radical (unpaired) electrons. The summed E-state index contributed by atoms with van der Waals surface area (Å²) in [5.74, 6) is -1.18. The molecule has 18 heavy (non-hydrogen) atoms. The molecular formula is C13H12F2N2O. The van der Waals surface area contributed by atoms with Crippen LogP contribution in [0.1, 0.15) is 0 Å². The summed E-state index contributed by atoms with van der Waals surface area (Å²) < 4.78 is 32.7. The van der Waals surface area contributed by atoms with Crippen molar-refractivity contribution in [2.24, 2.45) is 0 Å². The van der Waals surface area contributed by atoms with Crippen LogP contribution in [0.15, 0.2) is 30.3 Å². The van der Waals surface area contributed by atoms with Gasteiger partial charge in [-0.3, -0.25) is 0 Å². The van der Waals surface area contributed by atoms with Gasteiger partial charge in [0.1, 0.15) is 17.4 Å². The lowest BCUT2D eigenvalue weighted by Crippen LogP contribution is -1.97. The standard InChI is InChI=1S/C13H12F2N2O/c1-18-12-6-7(16)2-3-9(12)13-10(14)4-8(17)5-11(13)15/h2-6H,16-17H2,1H3. The quantitative estimate of drug-likeness (QED) is 0.806. The second kappa shape index (κ2) is 4.52. The molecule has 0 bridgehead atoms. The summed E-state index contributed by atoms with van der Waals surface area (Å²) >= 11 is 0. The number of nitrogens with two attached hydrogens (primary N) is 2. The molecular weight excluding hydrogens is 238 g/mol. The Kier molecular flexibility index (Phi) is 3.06. The molecule has 3 nitrogen and oxygen atoms in total. The molecule has 0 aliphatic rings. The van der Waals surface area contributed by atoms with Crippen LogP contribution < -0.4 is 16.2 Å². The van der Waals surface area contributed by atoms with E-state index in [0.717, 1.165) is 12.1 Å². The van der Waals surface area contributed by atoms with Gasteiger partial charge in [-0.1, -0.05) is 0 Å². The summed E-state index contributed by atoms with van der Waals surface area (Å²) in [6, 6.07) is 6.69. The van der Waals surface area contributed by atoms with Crippen LogP contribution in [0.25, 0.3) is 11.1 Å². The molecule has 2 rings (SSSR count). The molecule has 0 aliphatic heterocycles. The fourth-order valence-electron chi connectivity index (χ4n) is 1.76. The van der Waals surface area contributed by atoms with Crippen molar-refractivity contribution in [1.29, 1.82) is 0 Å². The van der Waals surface area contributed by atoms with Crippen LogP contribution in [-0.2, 0) is 0 Å². The molecule has 4 N–H and O–H groups in total. The third kappa shape index (κ3) is 2.07. The Morgan fingerprint density at radius 1 is 0.944 bits per heavy atom. The first-order valence-corrected chi connectivity index (χ1v) is 5.21. The zero-order valence-electron chi connectivity index (χ0n) is 9.71. The van der Waals surface area contributed by atoms with Gasteiger partial charge in [0, 0.05) is 23.0 Å². The van der Waals surface area contributed by atoms with Crippen molar-refractivity contribution in [3.05, 3.63) is 42.0 Å². The van der Waals surface area contributed by atoms with Crippen molar-refractivity contribution in [3.63, 3.8) is 0 Å². The van der Waals surface area contributed by atoms with Crippen molar-refractivity contribution in [3.8, 4) is 16.9 Å².